The minimum absolute atomic E-state index is 0.0817. The van der Waals surface area contributed by atoms with E-state index in [1.54, 1.807) is 0 Å². The molecule has 1 aromatic carbocycles. The first-order valence-electron chi connectivity index (χ1n) is 6.58. The normalized spacial score (nSPS) is 13.9. The first kappa shape index (κ1) is 14.2. The van der Waals surface area contributed by atoms with Gasteiger partial charge in [0.25, 0.3) is 0 Å². The molecule has 0 aliphatic carbocycles. The van der Waals surface area contributed by atoms with Gasteiger partial charge in [-0.05, 0) is 24.1 Å². The molecule has 1 aliphatic rings. The molecule has 1 aliphatic heterocycles. The first-order valence-corrected chi connectivity index (χ1v) is 6.58. The largest absolute Gasteiger partial charge is 0.482 e. The van der Waals surface area contributed by atoms with Gasteiger partial charge in [-0.1, -0.05) is 12.1 Å². The minimum Gasteiger partial charge on any atom is -0.482 e. The van der Waals surface area contributed by atoms with Crippen LogP contribution in [-0.2, 0) is 16.1 Å². The second kappa shape index (κ2) is 7.37. The van der Waals surface area contributed by atoms with E-state index in [0.717, 1.165) is 31.0 Å². The summed E-state index contributed by atoms with van der Waals surface area (Å²) in [5.41, 5.74) is 1.06. The highest BCUT2D eigenvalue weighted by molar-refractivity contribution is 5.80. The number of hydrogen-bond donors (Lipinski definition) is 2. The number of methoxy groups -OCH3 is 1. The van der Waals surface area contributed by atoms with Crippen LogP contribution in [0.3, 0.4) is 0 Å². The van der Waals surface area contributed by atoms with Gasteiger partial charge in [0.15, 0.2) is 12.6 Å². The summed E-state index contributed by atoms with van der Waals surface area (Å²) in [7, 11) is 1.34. The Morgan fingerprint density at radius 3 is 3.15 bits per heavy atom. The average molecular weight is 277 g/mol. The number of carbonyl (C=O) groups excluding carboxylic acids is 1. The molecule has 2 rings (SSSR count). The smallest absolute Gasteiger partial charge is 0.343 e. The first-order chi connectivity index (χ1) is 9.78. The fraction of sp³-hybridized carbons (Fsp3) is 0.429. The molecule has 0 saturated heterocycles. The van der Waals surface area contributed by atoms with Crippen molar-refractivity contribution in [1.29, 1.82) is 0 Å². The molecule has 0 amide bonds. The third kappa shape index (κ3) is 4.46. The van der Waals surface area contributed by atoms with Crippen molar-refractivity contribution in [3.63, 3.8) is 0 Å². The van der Waals surface area contributed by atoms with Crippen molar-refractivity contribution in [3.8, 4) is 5.75 Å². The molecule has 0 aromatic heterocycles. The van der Waals surface area contributed by atoms with Crippen LogP contribution in [0.25, 0.3) is 0 Å². The van der Waals surface area contributed by atoms with Gasteiger partial charge in [-0.15, -0.1) is 0 Å². The Kier molecular flexibility index (Phi) is 5.23. The van der Waals surface area contributed by atoms with Crippen LogP contribution in [-0.4, -0.2) is 38.7 Å². The number of esters is 1. The third-order valence-corrected chi connectivity index (χ3v) is 2.84. The Hall–Kier alpha value is -2.24. The zero-order chi connectivity index (χ0) is 14.2. The van der Waals surface area contributed by atoms with E-state index < -0.39 is 5.97 Å². The van der Waals surface area contributed by atoms with E-state index in [1.165, 1.54) is 7.11 Å². The van der Waals surface area contributed by atoms with Crippen molar-refractivity contribution in [2.45, 2.75) is 13.0 Å². The lowest BCUT2D eigenvalue weighted by Gasteiger charge is -2.16. The second-order valence-electron chi connectivity index (χ2n) is 4.38. The number of nitrogens with one attached hydrogen (secondary N) is 2. The molecule has 108 valence electrons. The summed E-state index contributed by atoms with van der Waals surface area (Å²) in [5, 5.41) is 6.43. The van der Waals surface area contributed by atoms with Crippen LogP contribution in [0.2, 0.25) is 0 Å². The van der Waals surface area contributed by atoms with Crippen LogP contribution in [0.5, 0.6) is 5.75 Å². The fourth-order valence-corrected chi connectivity index (χ4v) is 1.78. The molecule has 2 N–H and O–H groups in total. The zero-order valence-electron chi connectivity index (χ0n) is 11.5. The summed E-state index contributed by atoms with van der Waals surface area (Å²) in [6, 6.07) is 7.57. The maximum absolute atomic E-state index is 11.0. The topological polar surface area (TPSA) is 72.0 Å². The maximum Gasteiger partial charge on any atom is 0.343 e. The summed E-state index contributed by atoms with van der Waals surface area (Å²) in [6.45, 7) is 2.38. The van der Waals surface area contributed by atoms with Crippen molar-refractivity contribution in [2.24, 2.45) is 4.99 Å². The molecule has 1 aromatic rings. The number of carbonyl (C=O) groups is 1. The van der Waals surface area contributed by atoms with Gasteiger partial charge in [0.2, 0.25) is 0 Å². The Morgan fingerprint density at radius 2 is 2.40 bits per heavy atom. The summed E-state index contributed by atoms with van der Waals surface area (Å²) in [5.74, 6) is 1.08. The molecule has 0 radical (unpaired) electrons. The van der Waals surface area contributed by atoms with E-state index >= 15 is 0 Å². The number of ether oxygens (including phenoxy) is 2. The van der Waals surface area contributed by atoms with E-state index in [9.17, 15) is 4.79 Å². The Labute approximate surface area is 118 Å². The molecule has 0 atom stereocenters. The SMILES string of the molecule is COC(=O)COc1cccc(CNC2=NCCCN2)c1. The Balaban J connectivity index is 1.85. The number of hydrogen-bond acceptors (Lipinski definition) is 6. The van der Waals surface area contributed by atoms with Gasteiger partial charge in [-0.3, -0.25) is 4.99 Å². The van der Waals surface area contributed by atoms with Crippen LogP contribution in [0.1, 0.15) is 12.0 Å². The zero-order valence-corrected chi connectivity index (χ0v) is 11.5. The lowest BCUT2D eigenvalue weighted by Crippen LogP contribution is -2.40. The molecule has 20 heavy (non-hydrogen) atoms. The molecule has 6 heteroatoms. The highest BCUT2D eigenvalue weighted by atomic mass is 16.6. The molecule has 0 fully saturated rings. The van der Waals surface area contributed by atoms with Crippen LogP contribution in [0.15, 0.2) is 29.3 Å². The monoisotopic (exact) mass is 277 g/mol. The highest BCUT2D eigenvalue weighted by Gasteiger charge is 2.05. The van der Waals surface area contributed by atoms with Gasteiger partial charge in [0.05, 0.1) is 7.11 Å². The van der Waals surface area contributed by atoms with E-state index in [1.807, 2.05) is 24.3 Å². The highest BCUT2D eigenvalue weighted by Crippen LogP contribution is 2.13. The van der Waals surface area contributed by atoms with Gasteiger partial charge < -0.3 is 20.1 Å². The maximum atomic E-state index is 11.0. The van der Waals surface area contributed by atoms with E-state index in [4.69, 9.17) is 4.74 Å². The predicted octanol–water partition coefficient (Wildman–Crippen LogP) is 0.677. The van der Waals surface area contributed by atoms with Crippen molar-refractivity contribution in [3.05, 3.63) is 29.8 Å². The van der Waals surface area contributed by atoms with Gasteiger partial charge in [0, 0.05) is 19.6 Å². The second-order valence-corrected chi connectivity index (χ2v) is 4.38. The molecule has 0 spiro atoms. The molecule has 0 saturated carbocycles. The van der Waals surface area contributed by atoms with E-state index in [-0.39, 0.29) is 6.61 Å². The fourth-order valence-electron chi connectivity index (χ4n) is 1.78. The van der Waals surface area contributed by atoms with Crippen LogP contribution in [0, 0.1) is 0 Å². The summed E-state index contributed by atoms with van der Waals surface area (Å²) >= 11 is 0. The Morgan fingerprint density at radius 1 is 1.50 bits per heavy atom. The lowest BCUT2D eigenvalue weighted by molar-refractivity contribution is -0.142. The van der Waals surface area contributed by atoms with Crippen LogP contribution < -0.4 is 15.4 Å². The predicted molar refractivity (Wildman–Crippen MR) is 75.7 cm³/mol. The van der Waals surface area contributed by atoms with Gasteiger partial charge in [-0.25, -0.2) is 4.79 Å². The summed E-state index contributed by atoms with van der Waals surface area (Å²) in [6.07, 6.45) is 1.07. The summed E-state index contributed by atoms with van der Waals surface area (Å²) < 4.78 is 9.87. The Bertz CT molecular complexity index is 488. The average Bonchev–Trinajstić information content (AvgIpc) is 2.52. The molecule has 6 nitrogen and oxygen atoms in total. The minimum atomic E-state index is -0.394. The molecule has 0 unspecified atom stereocenters. The summed E-state index contributed by atoms with van der Waals surface area (Å²) in [4.78, 5) is 15.4. The van der Waals surface area contributed by atoms with Crippen molar-refractivity contribution in [2.75, 3.05) is 26.8 Å². The quantitative estimate of drug-likeness (QED) is 0.774. The van der Waals surface area contributed by atoms with Crippen molar-refractivity contribution >= 4 is 11.9 Å². The molecule has 0 bridgehead atoms. The van der Waals surface area contributed by atoms with Gasteiger partial charge >= 0.3 is 5.97 Å². The van der Waals surface area contributed by atoms with Crippen molar-refractivity contribution < 1.29 is 14.3 Å². The van der Waals surface area contributed by atoms with E-state index in [0.29, 0.717) is 12.3 Å². The van der Waals surface area contributed by atoms with Crippen LogP contribution >= 0.6 is 0 Å². The van der Waals surface area contributed by atoms with Crippen LogP contribution in [0.4, 0.5) is 0 Å². The van der Waals surface area contributed by atoms with Gasteiger partial charge in [-0.2, -0.15) is 0 Å². The number of aliphatic imine (C=N–C) groups is 1. The van der Waals surface area contributed by atoms with Crippen molar-refractivity contribution in [1.82, 2.24) is 10.6 Å². The van der Waals surface area contributed by atoms with E-state index in [2.05, 4.69) is 20.4 Å². The number of nitrogens with zero attached hydrogens (tertiary/aromatic N) is 1. The lowest BCUT2D eigenvalue weighted by atomic mass is 10.2. The number of benzene rings is 1. The molecular weight excluding hydrogens is 258 g/mol. The molecular formula is C14H19N3O3. The standard InChI is InChI=1S/C14H19N3O3/c1-19-13(18)10-20-12-5-2-4-11(8-12)9-17-14-15-6-3-7-16-14/h2,4-5,8H,3,6-7,9-10H2,1H3,(H2,15,16,17). The molecule has 1 heterocycles. The van der Waals surface area contributed by atoms with Gasteiger partial charge in [0.1, 0.15) is 5.75 Å². The number of rotatable bonds is 5. The third-order valence-electron chi connectivity index (χ3n) is 2.84. The number of guanidine groups is 1.